The van der Waals surface area contributed by atoms with E-state index in [0.717, 1.165) is 76.1 Å². The molecule has 0 unspecified atom stereocenters. The van der Waals surface area contributed by atoms with Crippen molar-refractivity contribution < 1.29 is 14.2 Å². The number of rotatable bonds is 12. The predicted molar refractivity (Wildman–Crippen MR) is 123 cm³/mol. The SMILES string of the molecule is CCNC(=NCCCOc1cccc(OC)c1)NC1CCN(CCOC(C)C)CC1. The Morgan fingerprint density at radius 1 is 1.20 bits per heavy atom. The van der Waals surface area contributed by atoms with E-state index >= 15 is 0 Å². The predicted octanol–water partition coefficient (Wildman–Crippen LogP) is 2.91. The minimum atomic E-state index is 0.309. The van der Waals surface area contributed by atoms with Gasteiger partial charge in [0.25, 0.3) is 0 Å². The highest BCUT2D eigenvalue weighted by molar-refractivity contribution is 5.80. The summed E-state index contributed by atoms with van der Waals surface area (Å²) in [5.41, 5.74) is 0. The number of piperidine rings is 1. The number of hydrogen-bond acceptors (Lipinski definition) is 5. The first-order valence-electron chi connectivity index (χ1n) is 11.3. The topological polar surface area (TPSA) is 67.4 Å². The molecule has 1 aliphatic heterocycles. The van der Waals surface area contributed by atoms with Crippen molar-refractivity contribution in [2.75, 3.05) is 53.0 Å². The average molecular weight is 421 g/mol. The van der Waals surface area contributed by atoms with Gasteiger partial charge in [-0.05, 0) is 45.7 Å². The Labute approximate surface area is 182 Å². The van der Waals surface area contributed by atoms with Crippen LogP contribution in [0.1, 0.15) is 40.0 Å². The molecule has 0 atom stereocenters. The summed E-state index contributed by atoms with van der Waals surface area (Å²) in [4.78, 5) is 7.20. The van der Waals surface area contributed by atoms with Gasteiger partial charge in [0, 0.05) is 51.3 Å². The first-order valence-corrected chi connectivity index (χ1v) is 11.3. The van der Waals surface area contributed by atoms with Gasteiger partial charge in [0.1, 0.15) is 11.5 Å². The molecule has 1 aliphatic rings. The number of nitrogens with one attached hydrogen (secondary N) is 2. The van der Waals surface area contributed by atoms with Crippen molar-refractivity contribution >= 4 is 5.96 Å². The molecule has 1 heterocycles. The van der Waals surface area contributed by atoms with Crippen LogP contribution >= 0.6 is 0 Å². The van der Waals surface area contributed by atoms with Crippen molar-refractivity contribution in [3.8, 4) is 11.5 Å². The number of likely N-dealkylation sites (tertiary alicyclic amines) is 1. The summed E-state index contributed by atoms with van der Waals surface area (Å²) in [7, 11) is 1.66. The number of benzene rings is 1. The summed E-state index contributed by atoms with van der Waals surface area (Å²) in [6, 6.07) is 8.16. The van der Waals surface area contributed by atoms with Crippen molar-refractivity contribution in [1.82, 2.24) is 15.5 Å². The smallest absolute Gasteiger partial charge is 0.191 e. The third-order valence-electron chi connectivity index (χ3n) is 5.01. The van der Waals surface area contributed by atoms with Crippen LogP contribution in [0.4, 0.5) is 0 Å². The largest absolute Gasteiger partial charge is 0.497 e. The molecule has 1 aromatic rings. The molecule has 1 saturated heterocycles. The molecular formula is C23H40N4O3. The number of ether oxygens (including phenoxy) is 3. The molecule has 0 bridgehead atoms. The quantitative estimate of drug-likeness (QED) is 0.308. The highest BCUT2D eigenvalue weighted by Gasteiger charge is 2.19. The number of hydrogen-bond donors (Lipinski definition) is 2. The summed E-state index contributed by atoms with van der Waals surface area (Å²) >= 11 is 0. The second kappa shape index (κ2) is 14.1. The fraction of sp³-hybridized carbons (Fsp3) is 0.696. The van der Waals surface area contributed by atoms with E-state index in [1.807, 2.05) is 24.3 Å². The van der Waals surface area contributed by atoms with Crippen molar-refractivity contribution in [3.63, 3.8) is 0 Å². The first kappa shape index (κ1) is 24.3. The number of guanidine groups is 1. The maximum Gasteiger partial charge on any atom is 0.191 e. The van der Waals surface area contributed by atoms with Crippen molar-refractivity contribution in [1.29, 1.82) is 0 Å². The van der Waals surface area contributed by atoms with Crippen molar-refractivity contribution in [2.24, 2.45) is 4.99 Å². The molecule has 170 valence electrons. The molecule has 0 spiro atoms. The molecule has 0 amide bonds. The lowest BCUT2D eigenvalue weighted by Gasteiger charge is -2.33. The van der Waals surface area contributed by atoms with E-state index in [9.17, 15) is 0 Å². The Kier molecular flexibility index (Phi) is 11.4. The van der Waals surface area contributed by atoms with E-state index in [1.165, 1.54) is 0 Å². The van der Waals surface area contributed by atoms with Crippen LogP contribution in [0, 0.1) is 0 Å². The lowest BCUT2D eigenvalue weighted by atomic mass is 10.1. The number of methoxy groups -OCH3 is 1. The van der Waals surface area contributed by atoms with Gasteiger partial charge in [-0.15, -0.1) is 0 Å². The third-order valence-corrected chi connectivity index (χ3v) is 5.01. The van der Waals surface area contributed by atoms with Gasteiger partial charge in [0.15, 0.2) is 5.96 Å². The van der Waals surface area contributed by atoms with Gasteiger partial charge in [-0.3, -0.25) is 4.99 Å². The Morgan fingerprint density at radius 3 is 2.67 bits per heavy atom. The van der Waals surface area contributed by atoms with Gasteiger partial charge in [0.2, 0.25) is 0 Å². The zero-order valence-electron chi connectivity index (χ0n) is 19.2. The molecule has 2 rings (SSSR count). The van der Waals surface area contributed by atoms with Crippen LogP contribution in [0.15, 0.2) is 29.3 Å². The molecule has 0 saturated carbocycles. The molecule has 1 aromatic carbocycles. The zero-order valence-corrected chi connectivity index (χ0v) is 19.2. The first-order chi connectivity index (χ1) is 14.6. The minimum absolute atomic E-state index is 0.309. The molecule has 1 fully saturated rings. The van der Waals surface area contributed by atoms with E-state index in [2.05, 4.69) is 36.3 Å². The lowest BCUT2D eigenvalue weighted by molar-refractivity contribution is 0.0532. The van der Waals surface area contributed by atoms with Gasteiger partial charge in [-0.1, -0.05) is 6.07 Å². The standard InChI is InChI=1S/C23H40N4O3/c1-5-24-23(25-12-7-16-30-22-9-6-8-21(18-22)28-4)26-20-10-13-27(14-11-20)15-17-29-19(2)3/h6,8-9,18-20H,5,7,10-17H2,1-4H3,(H2,24,25,26). The number of aliphatic imine (C=N–C) groups is 1. The molecular weight excluding hydrogens is 380 g/mol. The summed E-state index contributed by atoms with van der Waals surface area (Å²) < 4.78 is 16.7. The van der Waals surface area contributed by atoms with Crippen molar-refractivity contribution in [3.05, 3.63) is 24.3 Å². The Bertz CT molecular complexity index is 616. The van der Waals surface area contributed by atoms with Crippen molar-refractivity contribution in [2.45, 2.75) is 52.2 Å². The van der Waals surface area contributed by atoms with E-state index in [0.29, 0.717) is 18.8 Å². The molecule has 0 radical (unpaired) electrons. The van der Waals surface area contributed by atoms with Gasteiger partial charge in [-0.25, -0.2) is 0 Å². The Hall–Kier alpha value is -1.99. The Balaban J connectivity index is 1.66. The van der Waals surface area contributed by atoms with Gasteiger partial charge in [0.05, 0.1) is 26.4 Å². The molecule has 7 nitrogen and oxygen atoms in total. The molecule has 0 aliphatic carbocycles. The maximum absolute atomic E-state index is 5.79. The van der Waals surface area contributed by atoms with Gasteiger partial charge in [-0.2, -0.15) is 0 Å². The second-order valence-corrected chi connectivity index (χ2v) is 7.82. The second-order valence-electron chi connectivity index (χ2n) is 7.82. The maximum atomic E-state index is 5.79. The van der Waals surface area contributed by atoms with Gasteiger partial charge < -0.3 is 29.7 Å². The highest BCUT2D eigenvalue weighted by Crippen LogP contribution is 2.18. The van der Waals surface area contributed by atoms with E-state index in [-0.39, 0.29) is 0 Å². The summed E-state index contributed by atoms with van der Waals surface area (Å²) in [6.45, 7) is 12.5. The van der Waals surface area contributed by atoms with E-state index in [1.54, 1.807) is 7.11 Å². The third kappa shape index (κ3) is 9.67. The van der Waals surface area contributed by atoms with Gasteiger partial charge >= 0.3 is 0 Å². The zero-order chi connectivity index (χ0) is 21.6. The molecule has 2 N–H and O–H groups in total. The summed E-state index contributed by atoms with van der Waals surface area (Å²) in [5, 5.41) is 6.96. The monoisotopic (exact) mass is 420 g/mol. The van der Waals surface area contributed by atoms with Crippen LogP contribution in [0.25, 0.3) is 0 Å². The van der Waals surface area contributed by atoms with Crippen LogP contribution in [0.5, 0.6) is 11.5 Å². The van der Waals surface area contributed by atoms with Crippen LogP contribution in [0.3, 0.4) is 0 Å². The normalized spacial score (nSPS) is 16.0. The minimum Gasteiger partial charge on any atom is -0.497 e. The van der Waals surface area contributed by atoms with E-state index in [4.69, 9.17) is 19.2 Å². The van der Waals surface area contributed by atoms with Crippen LogP contribution in [0.2, 0.25) is 0 Å². The lowest BCUT2D eigenvalue weighted by Crippen LogP contribution is -2.49. The van der Waals surface area contributed by atoms with E-state index < -0.39 is 0 Å². The Morgan fingerprint density at radius 2 is 1.97 bits per heavy atom. The highest BCUT2D eigenvalue weighted by atomic mass is 16.5. The number of nitrogens with zero attached hydrogens (tertiary/aromatic N) is 2. The van der Waals surface area contributed by atoms with Crippen LogP contribution in [-0.2, 0) is 4.74 Å². The molecule has 7 heteroatoms. The van der Waals surface area contributed by atoms with Crippen LogP contribution < -0.4 is 20.1 Å². The molecule has 30 heavy (non-hydrogen) atoms. The fourth-order valence-corrected chi connectivity index (χ4v) is 3.37. The average Bonchev–Trinajstić information content (AvgIpc) is 2.74. The summed E-state index contributed by atoms with van der Waals surface area (Å²) in [5.74, 6) is 2.54. The fourth-order valence-electron chi connectivity index (χ4n) is 3.37. The van der Waals surface area contributed by atoms with Crippen LogP contribution in [-0.4, -0.2) is 76.1 Å². The summed E-state index contributed by atoms with van der Waals surface area (Å²) in [6.07, 6.45) is 3.43. The molecule has 0 aromatic heterocycles.